The van der Waals surface area contributed by atoms with E-state index >= 15 is 0 Å². The van der Waals surface area contributed by atoms with Gasteiger partial charge in [0.2, 0.25) is 0 Å². The first-order valence-electron chi connectivity index (χ1n) is 11.7. The van der Waals surface area contributed by atoms with E-state index in [1.165, 1.54) is 36.4 Å². The number of sulfone groups is 1. The summed E-state index contributed by atoms with van der Waals surface area (Å²) in [6.07, 6.45) is -1.41. The molecule has 1 heterocycles. The predicted octanol–water partition coefficient (Wildman–Crippen LogP) is 5.44. The van der Waals surface area contributed by atoms with Gasteiger partial charge in [-0.15, -0.1) is 6.58 Å². The maximum Gasteiger partial charge on any atom is 0.416 e. The van der Waals surface area contributed by atoms with Crippen LogP contribution in [0, 0.1) is 16.4 Å². The van der Waals surface area contributed by atoms with E-state index < -0.39 is 38.3 Å². The second kappa shape index (κ2) is 10.7. The van der Waals surface area contributed by atoms with E-state index in [2.05, 4.69) is 11.9 Å². The maximum atomic E-state index is 13.2. The van der Waals surface area contributed by atoms with Gasteiger partial charge in [0.25, 0.3) is 11.5 Å². The van der Waals surface area contributed by atoms with E-state index in [1.807, 2.05) is 22.6 Å². The van der Waals surface area contributed by atoms with Gasteiger partial charge in [-0.25, -0.2) is 8.42 Å². The number of aromatic nitrogens is 1. The van der Waals surface area contributed by atoms with Gasteiger partial charge >= 0.3 is 6.18 Å². The highest BCUT2D eigenvalue weighted by Gasteiger charge is 2.38. The number of halogens is 4. The second-order valence-electron chi connectivity index (χ2n) is 9.09. The Labute approximate surface area is 231 Å². The van der Waals surface area contributed by atoms with Crippen LogP contribution in [0.25, 0.3) is 5.69 Å². The van der Waals surface area contributed by atoms with Gasteiger partial charge in [-0.2, -0.15) is 13.2 Å². The molecular weight excluding hydrogens is 632 g/mol. The molecule has 2 aromatic carbocycles. The van der Waals surface area contributed by atoms with Crippen molar-refractivity contribution in [2.45, 2.75) is 42.6 Å². The van der Waals surface area contributed by atoms with Crippen LogP contribution in [0.1, 0.15) is 40.0 Å². The summed E-state index contributed by atoms with van der Waals surface area (Å²) in [5.74, 6) is -0.612. The number of carbonyl (C=O) groups excluding carboxylic acids is 1. The van der Waals surface area contributed by atoms with Crippen LogP contribution in [-0.2, 0) is 22.6 Å². The van der Waals surface area contributed by atoms with Crippen molar-refractivity contribution < 1.29 is 26.4 Å². The third kappa shape index (κ3) is 5.73. The minimum absolute atomic E-state index is 0.00397. The fourth-order valence-electron chi connectivity index (χ4n) is 4.20. The lowest BCUT2D eigenvalue weighted by Crippen LogP contribution is -2.33. The number of alkyl halides is 3. The summed E-state index contributed by atoms with van der Waals surface area (Å²) < 4.78 is 67.1. The smallest absolute Gasteiger partial charge is 0.348 e. The van der Waals surface area contributed by atoms with Crippen LogP contribution in [0.3, 0.4) is 0 Å². The van der Waals surface area contributed by atoms with E-state index in [1.54, 1.807) is 19.1 Å². The molecule has 3 aromatic rings. The monoisotopic (exact) mass is 656 g/mol. The normalized spacial score (nSPS) is 14.7. The van der Waals surface area contributed by atoms with Crippen LogP contribution in [0.2, 0.25) is 0 Å². The Morgan fingerprint density at radius 2 is 1.84 bits per heavy atom. The molecule has 6 nitrogen and oxygen atoms in total. The summed E-state index contributed by atoms with van der Waals surface area (Å²) in [6, 6.07) is 11.9. The zero-order valence-electron chi connectivity index (χ0n) is 20.3. The average Bonchev–Trinajstić information content (AvgIpc) is 3.70. The fraction of sp³-hybridized carbons (Fsp3) is 0.259. The van der Waals surface area contributed by atoms with Gasteiger partial charge in [0, 0.05) is 21.5 Å². The van der Waals surface area contributed by atoms with Gasteiger partial charge in [-0.3, -0.25) is 14.2 Å². The van der Waals surface area contributed by atoms with Gasteiger partial charge in [0.15, 0.2) is 9.84 Å². The number of benzene rings is 2. The lowest BCUT2D eigenvalue weighted by Gasteiger charge is -2.16. The van der Waals surface area contributed by atoms with Crippen molar-refractivity contribution in [3.8, 4) is 5.69 Å². The Kier molecular flexibility index (Phi) is 7.89. The topological polar surface area (TPSA) is 85.2 Å². The largest absolute Gasteiger partial charge is 0.416 e. The molecule has 4 rings (SSSR count). The standard InChI is InChI=1S/C27H24F3IN2O4S/c1-3-24(18-9-10-18)38(36,37)21-11-7-17(8-12-21)15-32-25(34)22-14-23(31)16(2)33(26(22)35)20-6-4-5-19(13-20)27(28,29)30/h3-8,11-14,18,24H,1,9-10,15H2,2H3,(H,32,34). The quantitative estimate of drug-likeness (QED) is 0.259. The summed E-state index contributed by atoms with van der Waals surface area (Å²) >= 11 is 1.92. The number of rotatable bonds is 8. The first-order chi connectivity index (χ1) is 17.8. The van der Waals surface area contributed by atoms with Crippen LogP contribution in [-0.4, -0.2) is 24.1 Å². The van der Waals surface area contributed by atoms with E-state index in [4.69, 9.17) is 0 Å². The highest BCUT2D eigenvalue weighted by Crippen LogP contribution is 2.39. The van der Waals surface area contributed by atoms with Crippen molar-refractivity contribution >= 4 is 38.3 Å². The number of pyridine rings is 1. The molecule has 1 unspecified atom stereocenters. The zero-order valence-corrected chi connectivity index (χ0v) is 23.2. The molecule has 0 aliphatic heterocycles. The zero-order chi connectivity index (χ0) is 27.8. The SMILES string of the molecule is C=CC(C1CC1)S(=O)(=O)c1ccc(CNC(=O)c2cc(I)c(C)n(-c3cccc(C(F)(F)F)c3)c2=O)cc1. The number of hydrogen-bond acceptors (Lipinski definition) is 4. The third-order valence-electron chi connectivity index (χ3n) is 6.44. The van der Waals surface area contributed by atoms with Gasteiger partial charge in [0.1, 0.15) is 5.56 Å². The molecular formula is C27H24F3IN2O4S. The molecule has 200 valence electrons. The first kappa shape index (κ1) is 28.1. The van der Waals surface area contributed by atoms with Crippen molar-refractivity contribution in [1.82, 2.24) is 9.88 Å². The molecule has 1 amide bonds. The Morgan fingerprint density at radius 1 is 1.18 bits per heavy atom. The minimum atomic E-state index is -4.59. The van der Waals surface area contributed by atoms with E-state index in [0.717, 1.165) is 29.5 Å². The Hall–Kier alpha value is -2.93. The van der Waals surface area contributed by atoms with Crippen LogP contribution in [0.15, 0.2) is 76.9 Å². The number of nitrogens with one attached hydrogen (secondary N) is 1. The molecule has 1 atom stereocenters. The van der Waals surface area contributed by atoms with Crippen LogP contribution in [0.5, 0.6) is 0 Å². The number of hydrogen-bond donors (Lipinski definition) is 1. The van der Waals surface area contributed by atoms with Gasteiger partial charge in [-0.05, 0) is 90.2 Å². The fourth-order valence-corrected chi connectivity index (χ4v) is 6.61. The lowest BCUT2D eigenvalue weighted by atomic mass is 10.1. The molecule has 1 fully saturated rings. The molecule has 0 saturated heterocycles. The summed E-state index contributed by atoms with van der Waals surface area (Å²) in [5.41, 5.74) is -0.887. The molecule has 11 heteroatoms. The molecule has 1 N–H and O–H groups in total. The minimum Gasteiger partial charge on any atom is -0.348 e. The summed E-state index contributed by atoms with van der Waals surface area (Å²) in [4.78, 5) is 26.3. The molecule has 1 saturated carbocycles. The molecule has 0 bridgehead atoms. The van der Waals surface area contributed by atoms with Crippen molar-refractivity contribution in [3.63, 3.8) is 0 Å². The average molecular weight is 656 g/mol. The van der Waals surface area contributed by atoms with Gasteiger partial charge < -0.3 is 5.32 Å². The predicted molar refractivity (Wildman–Crippen MR) is 146 cm³/mol. The number of nitrogens with zero attached hydrogens (tertiary/aromatic N) is 1. The molecule has 1 aliphatic rings. The van der Waals surface area contributed by atoms with Crippen LogP contribution >= 0.6 is 22.6 Å². The Morgan fingerprint density at radius 3 is 2.42 bits per heavy atom. The van der Waals surface area contributed by atoms with Crippen molar-refractivity contribution in [1.29, 1.82) is 0 Å². The maximum absolute atomic E-state index is 13.2. The Balaban J connectivity index is 1.56. The summed E-state index contributed by atoms with van der Waals surface area (Å²) in [5, 5.41) is 2.01. The third-order valence-corrected chi connectivity index (χ3v) is 9.76. The molecule has 1 aromatic heterocycles. The van der Waals surface area contributed by atoms with E-state index in [9.17, 15) is 31.2 Å². The number of amides is 1. The molecule has 0 radical (unpaired) electrons. The molecule has 0 spiro atoms. The molecule has 38 heavy (non-hydrogen) atoms. The number of carbonyl (C=O) groups is 1. The Bertz CT molecular complexity index is 1560. The highest BCUT2D eigenvalue weighted by molar-refractivity contribution is 14.1. The van der Waals surface area contributed by atoms with E-state index in [-0.39, 0.29) is 28.6 Å². The summed E-state index contributed by atoms with van der Waals surface area (Å²) in [7, 11) is -3.56. The lowest BCUT2D eigenvalue weighted by molar-refractivity contribution is -0.137. The van der Waals surface area contributed by atoms with Crippen molar-refractivity contribution in [2.24, 2.45) is 5.92 Å². The van der Waals surface area contributed by atoms with Gasteiger partial charge in [-0.1, -0.05) is 24.3 Å². The van der Waals surface area contributed by atoms with Crippen molar-refractivity contribution in [2.75, 3.05) is 0 Å². The summed E-state index contributed by atoms with van der Waals surface area (Å²) in [6.45, 7) is 5.26. The van der Waals surface area contributed by atoms with E-state index in [0.29, 0.717) is 14.8 Å². The first-order valence-corrected chi connectivity index (χ1v) is 14.3. The van der Waals surface area contributed by atoms with Gasteiger partial charge in [0.05, 0.1) is 15.7 Å². The van der Waals surface area contributed by atoms with Crippen LogP contribution < -0.4 is 10.9 Å². The van der Waals surface area contributed by atoms with Crippen LogP contribution in [0.4, 0.5) is 13.2 Å². The molecule has 1 aliphatic carbocycles. The van der Waals surface area contributed by atoms with Crippen molar-refractivity contribution in [3.05, 3.63) is 104 Å². The second-order valence-corrected chi connectivity index (χ2v) is 12.4. The highest BCUT2D eigenvalue weighted by atomic mass is 127.